The molecule has 0 radical (unpaired) electrons. The van der Waals surface area contributed by atoms with Crippen LogP contribution in [-0.2, 0) is 9.53 Å². The molecule has 2 aliphatic heterocycles. The first-order chi connectivity index (χ1) is 16.6. The van der Waals surface area contributed by atoms with Crippen LogP contribution in [0, 0.1) is 0 Å². The molecule has 2 amide bonds. The van der Waals surface area contributed by atoms with Gasteiger partial charge in [-0.3, -0.25) is 14.5 Å². The van der Waals surface area contributed by atoms with Crippen LogP contribution in [0.2, 0.25) is 0 Å². The van der Waals surface area contributed by atoms with Crippen molar-refractivity contribution in [3.05, 3.63) is 59.7 Å². The van der Waals surface area contributed by atoms with E-state index >= 15 is 0 Å². The van der Waals surface area contributed by atoms with Crippen molar-refractivity contribution >= 4 is 23.6 Å². The molecule has 4 rings (SSSR count). The molecule has 2 heterocycles. The minimum Gasteiger partial charge on any atom is -0.493 e. The van der Waals surface area contributed by atoms with Gasteiger partial charge in [-0.05, 0) is 23.8 Å². The SMILES string of the molecule is COc1ccc(C(=O)N2[C@@H](C(=O)NCCN3CCOCC3)CS[C@@H]2c2ccccc2)cc1OC. The fourth-order valence-corrected chi connectivity index (χ4v) is 5.66. The number of hydrogen-bond donors (Lipinski definition) is 1. The number of carbonyl (C=O) groups is 2. The number of nitrogens with one attached hydrogen (secondary N) is 1. The summed E-state index contributed by atoms with van der Waals surface area (Å²) in [6.07, 6.45) is 0. The number of hydrogen-bond acceptors (Lipinski definition) is 7. The van der Waals surface area contributed by atoms with Gasteiger partial charge < -0.3 is 24.4 Å². The molecule has 2 aromatic rings. The molecular formula is C25H31N3O5S. The Morgan fingerprint density at radius 1 is 1.06 bits per heavy atom. The summed E-state index contributed by atoms with van der Waals surface area (Å²) in [5, 5.41) is 2.79. The highest BCUT2D eigenvalue weighted by Crippen LogP contribution is 2.42. The summed E-state index contributed by atoms with van der Waals surface area (Å²) in [5.74, 6) is 1.21. The summed E-state index contributed by atoms with van der Waals surface area (Å²) in [6.45, 7) is 4.48. The van der Waals surface area contributed by atoms with E-state index in [0.717, 1.165) is 38.4 Å². The zero-order valence-electron chi connectivity index (χ0n) is 19.6. The van der Waals surface area contributed by atoms with Crippen molar-refractivity contribution in [2.24, 2.45) is 0 Å². The summed E-state index contributed by atoms with van der Waals surface area (Å²) < 4.78 is 16.1. The van der Waals surface area contributed by atoms with Crippen molar-refractivity contribution in [2.75, 3.05) is 59.4 Å². The Kier molecular flexibility index (Phi) is 8.31. The third-order valence-corrected chi connectivity index (χ3v) is 7.41. The Balaban J connectivity index is 1.53. The van der Waals surface area contributed by atoms with Gasteiger partial charge in [-0.25, -0.2) is 0 Å². The van der Waals surface area contributed by atoms with Gasteiger partial charge in [0.05, 0.1) is 27.4 Å². The smallest absolute Gasteiger partial charge is 0.255 e. The van der Waals surface area contributed by atoms with E-state index in [2.05, 4.69) is 10.2 Å². The van der Waals surface area contributed by atoms with Crippen molar-refractivity contribution in [1.29, 1.82) is 0 Å². The Labute approximate surface area is 204 Å². The van der Waals surface area contributed by atoms with Gasteiger partial charge in [0, 0.05) is 37.5 Å². The maximum absolute atomic E-state index is 13.7. The Morgan fingerprint density at radius 2 is 1.79 bits per heavy atom. The quantitative estimate of drug-likeness (QED) is 0.615. The topological polar surface area (TPSA) is 80.3 Å². The van der Waals surface area contributed by atoms with Gasteiger partial charge in [-0.15, -0.1) is 11.8 Å². The van der Waals surface area contributed by atoms with E-state index in [9.17, 15) is 9.59 Å². The fraction of sp³-hybridized carbons (Fsp3) is 0.440. The van der Waals surface area contributed by atoms with Gasteiger partial charge in [0.25, 0.3) is 5.91 Å². The number of ether oxygens (including phenoxy) is 3. The Morgan fingerprint density at radius 3 is 2.50 bits per heavy atom. The molecule has 0 unspecified atom stereocenters. The standard InChI is InChI=1S/C25H31N3O5S/c1-31-21-9-8-19(16-22(21)32-2)24(30)28-20(17-34-25(28)18-6-4-3-5-7-18)23(29)26-10-11-27-12-14-33-15-13-27/h3-9,16,20,25H,10-15,17H2,1-2H3,(H,26,29)/t20-,25-/m1/s1. The molecule has 2 atom stereocenters. The number of methoxy groups -OCH3 is 2. The van der Waals surface area contributed by atoms with Crippen LogP contribution < -0.4 is 14.8 Å². The zero-order chi connectivity index (χ0) is 23.9. The average Bonchev–Trinajstić information content (AvgIpc) is 3.34. The Hall–Kier alpha value is -2.75. The number of amides is 2. The minimum atomic E-state index is -0.569. The van der Waals surface area contributed by atoms with E-state index in [1.54, 1.807) is 42.0 Å². The predicted octanol–water partition coefficient (Wildman–Crippen LogP) is 2.41. The first-order valence-electron chi connectivity index (χ1n) is 11.4. The van der Waals surface area contributed by atoms with Crippen LogP contribution in [0.1, 0.15) is 21.3 Å². The maximum atomic E-state index is 13.7. The molecule has 0 spiro atoms. The molecular weight excluding hydrogens is 454 g/mol. The van der Waals surface area contributed by atoms with Crippen LogP contribution in [0.5, 0.6) is 11.5 Å². The van der Waals surface area contributed by atoms with E-state index in [4.69, 9.17) is 14.2 Å². The molecule has 2 fully saturated rings. The van der Waals surface area contributed by atoms with Gasteiger partial charge in [0.15, 0.2) is 11.5 Å². The summed E-state index contributed by atoms with van der Waals surface area (Å²) in [5.41, 5.74) is 1.44. The Bertz CT molecular complexity index is 984. The maximum Gasteiger partial charge on any atom is 0.255 e. The fourth-order valence-electron chi connectivity index (χ4n) is 4.23. The number of carbonyl (C=O) groups excluding carboxylic acids is 2. The van der Waals surface area contributed by atoms with E-state index in [0.29, 0.717) is 29.4 Å². The number of thioether (sulfide) groups is 1. The second-order valence-electron chi connectivity index (χ2n) is 8.14. The predicted molar refractivity (Wildman–Crippen MR) is 131 cm³/mol. The molecule has 9 heteroatoms. The van der Waals surface area contributed by atoms with Crippen LogP contribution in [0.4, 0.5) is 0 Å². The van der Waals surface area contributed by atoms with Crippen LogP contribution in [0.15, 0.2) is 48.5 Å². The lowest BCUT2D eigenvalue weighted by atomic mass is 10.1. The molecule has 1 N–H and O–H groups in total. The summed E-state index contributed by atoms with van der Waals surface area (Å²) >= 11 is 1.60. The number of morpholine rings is 1. The van der Waals surface area contributed by atoms with E-state index < -0.39 is 6.04 Å². The van der Waals surface area contributed by atoms with E-state index in [1.165, 1.54) is 7.11 Å². The molecule has 34 heavy (non-hydrogen) atoms. The van der Waals surface area contributed by atoms with E-state index in [-0.39, 0.29) is 17.2 Å². The van der Waals surface area contributed by atoms with Crippen molar-refractivity contribution in [2.45, 2.75) is 11.4 Å². The molecule has 0 saturated carbocycles. The lowest BCUT2D eigenvalue weighted by molar-refractivity contribution is -0.124. The average molecular weight is 486 g/mol. The van der Waals surface area contributed by atoms with Crippen molar-refractivity contribution in [3.8, 4) is 11.5 Å². The molecule has 2 saturated heterocycles. The lowest BCUT2D eigenvalue weighted by Gasteiger charge is -2.30. The van der Waals surface area contributed by atoms with Gasteiger partial charge >= 0.3 is 0 Å². The molecule has 0 aromatic heterocycles. The van der Waals surface area contributed by atoms with Gasteiger partial charge in [-0.2, -0.15) is 0 Å². The molecule has 182 valence electrons. The van der Waals surface area contributed by atoms with Crippen LogP contribution in [0.3, 0.4) is 0 Å². The van der Waals surface area contributed by atoms with Gasteiger partial charge in [0.1, 0.15) is 11.4 Å². The van der Waals surface area contributed by atoms with E-state index in [1.807, 2.05) is 30.3 Å². The summed E-state index contributed by atoms with van der Waals surface area (Å²) in [6, 6.07) is 14.3. The van der Waals surface area contributed by atoms with Crippen molar-refractivity contribution < 1.29 is 23.8 Å². The second kappa shape index (κ2) is 11.6. The normalized spacial score (nSPS) is 20.7. The molecule has 2 aliphatic rings. The molecule has 2 aromatic carbocycles. The second-order valence-corrected chi connectivity index (χ2v) is 9.25. The molecule has 0 bridgehead atoms. The first kappa shape index (κ1) is 24.4. The highest BCUT2D eigenvalue weighted by atomic mass is 32.2. The van der Waals surface area contributed by atoms with Crippen LogP contribution in [-0.4, -0.2) is 87.0 Å². The third-order valence-electron chi connectivity index (χ3n) is 6.08. The van der Waals surface area contributed by atoms with Crippen molar-refractivity contribution in [1.82, 2.24) is 15.1 Å². The van der Waals surface area contributed by atoms with Crippen LogP contribution >= 0.6 is 11.8 Å². The van der Waals surface area contributed by atoms with Gasteiger partial charge in [-0.1, -0.05) is 30.3 Å². The van der Waals surface area contributed by atoms with Crippen molar-refractivity contribution in [3.63, 3.8) is 0 Å². The first-order valence-corrected chi connectivity index (χ1v) is 12.5. The zero-order valence-corrected chi connectivity index (χ0v) is 20.4. The molecule has 8 nitrogen and oxygen atoms in total. The number of nitrogens with zero attached hydrogens (tertiary/aromatic N) is 2. The third kappa shape index (κ3) is 5.48. The highest BCUT2D eigenvalue weighted by molar-refractivity contribution is 7.99. The summed E-state index contributed by atoms with van der Waals surface area (Å²) in [7, 11) is 3.09. The summed E-state index contributed by atoms with van der Waals surface area (Å²) in [4.78, 5) is 30.9. The molecule has 0 aliphatic carbocycles. The largest absolute Gasteiger partial charge is 0.493 e. The lowest BCUT2D eigenvalue weighted by Crippen LogP contribution is -2.49. The number of benzene rings is 2. The number of rotatable bonds is 8. The monoisotopic (exact) mass is 485 g/mol. The highest BCUT2D eigenvalue weighted by Gasteiger charge is 2.42. The minimum absolute atomic E-state index is 0.131. The van der Waals surface area contributed by atoms with Crippen LogP contribution in [0.25, 0.3) is 0 Å². The van der Waals surface area contributed by atoms with Gasteiger partial charge in [0.2, 0.25) is 5.91 Å².